The van der Waals surface area contributed by atoms with Crippen molar-refractivity contribution in [1.29, 1.82) is 0 Å². The minimum Gasteiger partial charge on any atom is -0.462 e. The Labute approximate surface area is 101 Å². The number of rotatable bonds is 7. The van der Waals surface area contributed by atoms with E-state index < -0.39 is 17.7 Å². The van der Waals surface area contributed by atoms with Crippen molar-refractivity contribution in [3.8, 4) is 0 Å². The van der Waals surface area contributed by atoms with Gasteiger partial charge in [-0.3, -0.25) is 9.59 Å². The third-order valence-electron chi connectivity index (χ3n) is 2.12. The van der Waals surface area contributed by atoms with Gasteiger partial charge in [-0.1, -0.05) is 6.58 Å². The van der Waals surface area contributed by atoms with Crippen molar-refractivity contribution in [3.63, 3.8) is 0 Å². The summed E-state index contributed by atoms with van der Waals surface area (Å²) < 4.78 is 4.88. The molecule has 17 heavy (non-hydrogen) atoms. The van der Waals surface area contributed by atoms with Gasteiger partial charge in [-0.25, -0.2) is 4.79 Å². The van der Waals surface area contributed by atoms with Crippen molar-refractivity contribution < 1.29 is 19.1 Å². The standard InChI is InChI=1S/C12H19NO4/c1-5-13(11(15)10(4)14)7-6-8-17-12(16)9(2)3/h2,5-8H2,1,3-4H3. The van der Waals surface area contributed by atoms with Crippen molar-refractivity contribution >= 4 is 17.7 Å². The number of Topliss-reactive ketones (excluding diaryl/α,β-unsaturated/α-hetero) is 1. The van der Waals surface area contributed by atoms with Crippen LogP contribution in [0.4, 0.5) is 0 Å². The van der Waals surface area contributed by atoms with Gasteiger partial charge in [0.1, 0.15) is 0 Å². The molecule has 0 aliphatic carbocycles. The molecule has 0 rings (SSSR count). The molecule has 0 saturated heterocycles. The third kappa shape index (κ3) is 5.85. The lowest BCUT2D eigenvalue weighted by molar-refractivity contribution is -0.144. The van der Waals surface area contributed by atoms with Crippen LogP contribution in [-0.2, 0) is 19.1 Å². The van der Waals surface area contributed by atoms with Crippen LogP contribution in [0.15, 0.2) is 12.2 Å². The minimum absolute atomic E-state index is 0.216. The molecule has 0 fully saturated rings. The Kier molecular flexibility index (Phi) is 6.86. The van der Waals surface area contributed by atoms with E-state index >= 15 is 0 Å². The predicted molar refractivity (Wildman–Crippen MR) is 63.3 cm³/mol. The first-order chi connectivity index (χ1) is 7.90. The lowest BCUT2D eigenvalue weighted by Crippen LogP contribution is -2.36. The van der Waals surface area contributed by atoms with Gasteiger partial charge in [0.05, 0.1) is 6.61 Å². The highest BCUT2D eigenvalue weighted by molar-refractivity contribution is 6.35. The number of esters is 1. The van der Waals surface area contributed by atoms with Gasteiger partial charge in [-0.2, -0.15) is 0 Å². The molecule has 0 saturated carbocycles. The maximum absolute atomic E-state index is 11.4. The summed E-state index contributed by atoms with van der Waals surface area (Å²) in [6, 6.07) is 0. The zero-order chi connectivity index (χ0) is 13.4. The molecular formula is C12H19NO4. The van der Waals surface area contributed by atoms with E-state index in [9.17, 15) is 14.4 Å². The molecule has 0 bridgehead atoms. The molecule has 0 aromatic rings. The number of likely N-dealkylation sites (N-methyl/N-ethyl adjacent to an activating group) is 1. The van der Waals surface area contributed by atoms with E-state index in [4.69, 9.17) is 4.74 Å². The van der Waals surface area contributed by atoms with E-state index in [1.165, 1.54) is 11.8 Å². The van der Waals surface area contributed by atoms with Gasteiger partial charge in [-0.05, 0) is 20.3 Å². The van der Waals surface area contributed by atoms with Crippen LogP contribution in [-0.4, -0.2) is 42.3 Å². The second kappa shape index (κ2) is 7.60. The Hall–Kier alpha value is -1.65. The van der Waals surface area contributed by atoms with Gasteiger partial charge in [0.2, 0.25) is 5.78 Å². The Morgan fingerprint density at radius 1 is 1.24 bits per heavy atom. The van der Waals surface area contributed by atoms with Crippen molar-refractivity contribution in [2.24, 2.45) is 0 Å². The summed E-state index contributed by atoms with van der Waals surface area (Å²) in [5.41, 5.74) is 0.345. The molecule has 0 aromatic heterocycles. The van der Waals surface area contributed by atoms with Crippen molar-refractivity contribution in [2.75, 3.05) is 19.7 Å². The molecule has 96 valence electrons. The van der Waals surface area contributed by atoms with Crippen LogP contribution >= 0.6 is 0 Å². The van der Waals surface area contributed by atoms with Gasteiger partial charge in [0.25, 0.3) is 5.91 Å². The van der Waals surface area contributed by atoms with E-state index in [1.807, 2.05) is 0 Å². The molecule has 0 aliphatic heterocycles. The summed E-state index contributed by atoms with van der Waals surface area (Å²) in [5.74, 6) is -1.42. The van der Waals surface area contributed by atoms with Crippen LogP contribution < -0.4 is 0 Å². The Bertz CT molecular complexity index is 322. The van der Waals surface area contributed by atoms with E-state index in [2.05, 4.69) is 6.58 Å². The second-order valence-electron chi connectivity index (χ2n) is 3.71. The van der Waals surface area contributed by atoms with E-state index in [1.54, 1.807) is 13.8 Å². The molecule has 0 radical (unpaired) electrons. The molecule has 5 nitrogen and oxygen atoms in total. The maximum Gasteiger partial charge on any atom is 0.333 e. The monoisotopic (exact) mass is 241 g/mol. The van der Waals surface area contributed by atoms with Crippen molar-refractivity contribution in [3.05, 3.63) is 12.2 Å². The third-order valence-corrected chi connectivity index (χ3v) is 2.12. The molecular weight excluding hydrogens is 222 g/mol. The number of amides is 1. The Balaban J connectivity index is 3.93. The number of nitrogens with zero attached hydrogens (tertiary/aromatic N) is 1. The maximum atomic E-state index is 11.4. The van der Waals surface area contributed by atoms with Gasteiger partial charge in [0.15, 0.2) is 0 Å². The molecule has 0 N–H and O–H groups in total. The van der Waals surface area contributed by atoms with Crippen LogP contribution in [0.3, 0.4) is 0 Å². The largest absolute Gasteiger partial charge is 0.462 e. The number of carbonyl (C=O) groups excluding carboxylic acids is 3. The summed E-state index contributed by atoms with van der Waals surface area (Å²) >= 11 is 0. The van der Waals surface area contributed by atoms with Gasteiger partial charge < -0.3 is 9.64 Å². The minimum atomic E-state index is -0.501. The van der Waals surface area contributed by atoms with Gasteiger partial charge >= 0.3 is 5.97 Å². The van der Waals surface area contributed by atoms with Crippen LogP contribution in [0.5, 0.6) is 0 Å². The first-order valence-corrected chi connectivity index (χ1v) is 5.52. The zero-order valence-corrected chi connectivity index (χ0v) is 10.6. The summed E-state index contributed by atoms with van der Waals surface area (Å²) in [5, 5.41) is 0. The second-order valence-corrected chi connectivity index (χ2v) is 3.71. The number of hydrogen-bond donors (Lipinski definition) is 0. The molecule has 0 spiro atoms. The number of hydrogen-bond acceptors (Lipinski definition) is 4. The zero-order valence-electron chi connectivity index (χ0n) is 10.6. The highest BCUT2D eigenvalue weighted by Crippen LogP contribution is 1.97. The lowest BCUT2D eigenvalue weighted by atomic mass is 10.3. The molecule has 5 heteroatoms. The summed E-state index contributed by atoms with van der Waals surface area (Å²) in [6.07, 6.45) is 0.506. The Morgan fingerprint density at radius 2 is 1.82 bits per heavy atom. The smallest absolute Gasteiger partial charge is 0.333 e. The van der Waals surface area contributed by atoms with Crippen molar-refractivity contribution in [1.82, 2.24) is 4.90 Å². The summed E-state index contributed by atoms with van der Waals surface area (Å²) in [6.45, 7) is 9.14. The fourth-order valence-corrected chi connectivity index (χ4v) is 1.17. The molecule has 0 aliphatic rings. The first-order valence-electron chi connectivity index (χ1n) is 5.52. The summed E-state index contributed by atoms with van der Waals surface area (Å²) in [4.78, 5) is 34.7. The fraction of sp³-hybridized carbons (Fsp3) is 0.583. The van der Waals surface area contributed by atoms with Crippen LogP contribution in [0.25, 0.3) is 0 Å². The molecule has 1 amide bonds. The molecule has 0 atom stereocenters. The van der Waals surface area contributed by atoms with E-state index in [-0.39, 0.29) is 6.61 Å². The summed E-state index contributed by atoms with van der Waals surface area (Å²) in [7, 11) is 0. The quantitative estimate of drug-likeness (QED) is 0.288. The van der Waals surface area contributed by atoms with Crippen LogP contribution in [0.2, 0.25) is 0 Å². The van der Waals surface area contributed by atoms with Crippen molar-refractivity contribution in [2.45, 2.75) is 27.2 Å². The van der Waals surface area contributed by atoms with Gasteiger partial charge in [-0.15, -0.1) is 0 Å². The Morgan fingerprint density at radius 3 is 2.24 bits per heavy atom. The van der Waals surface area contributed by atoms with E-state index in [0.717, 1.165) is 0 Å². The molecule has 0 unspecified atom stereocenters. The number of carbonyl (C=O) groups is 3. The van der Waals surface area contributed by atoms with E-state index in [0.29, 0.717) is 25.1 Å². The van der Waals surface area contributed by atoms with Gasteiger partial charge in [0, 0.05) is 25.6 Å². The lowest BCUT2D eigenvalue weighted by Gasteiger charge is -2.18. The number of ether oxygens (including phenoxy) is 1. The normalized spacial score (nSPS) is 9.59. The first kappa shape index (κ1) is 15.3. The fourth-order valence-electron chi connectivity index (χ4n) is 1.17. The highest BCUT2D eigenvalue weighted by Gasteiger charge is 2.15. The molecule has 0 aromatic carbocycles. The average molecular weight is 241 g/mol. The SMILES string of the molecule is C=C(C)C(=O)OCCCN(CC)C(=O)C(C)=O. The predicted octanol–water partition coefficient (Wildman–Crippen LogP) is 0.933. The number of ketones is 1. The van der Waals surface area contributed by atoms with Crippen LogP contribution in [0.1, 0.15) is 27.2 Å². The highest BCUT2D eigenvalue weighted by atomic mass is 16.5. The average Bonchev–Trinajstić information content (AvgIpc) is 2.27. The topological polar surface area (TPSA) is 63.7 Å². The molecule has 0 heterocycles. The van der Waals surface area contributed by atoms with Crippen LogP contribution in [0, 0.1) is 0 Å².